The van der Waals surface area contributed by atoms with E-state index in [1.54, 1.807) is 20.2 Å². The fourth-order valence-electron chi connectivity index (χ4n) is 3.55. The van der Waals surface area contributed by atoms with Gasteiger partial charge in [-0.25, -0.2) is 0 Å². The molecule has 3 N–H and O–H groups in total. The van der Waals surface area contributed by atoms with Gasteiger partial charge in [-0.15, -0.1) is 0 Å². The molecule has 0 heterocycles. The molecule has 0 atom stereocenters. The fourth-order valence-corrected chi connectivity index (χ4v) is 3.55. The van der Waals surface area contributed by atoms with E-state index in [0.717, 1.165) is 11.1 Å². The number of para-hydroxylation sites is 1. The molecule has 1 amide bonds. The molecule has 0 bridgehead atoms. The molecule has 0 spiro atoms. The van der Waals surface area contributed by atoms with E-state index in [1.807, 2.05) is 68.4 Å². The number of phenolic OH excluding ortho intramolecular Hbond substituents is 1. The summed E-state index contributed by atoms with van der Waals surface area (Å²) in [5.74, 6) is 0.00103. The third-order valence-corrected chi connectivity index (χ3v) is 5.46. The third-order valence-electron chi connectivity index (χ3n) is 5.46. The van der Waals surface area contributed by atoms with E-state index < -0.39 is 10.9 Å². The lowest BCUT2D eigenvalue weighted by Gasteiger charge is -2.18. The number of hydrogen-bond acceptors (Lipinski definition) is 7. The van der Waals surface area contributed by atoms with E-state index >= 15 is 0 Å². The zero-order valence-electron chi connectivity index (χ0n) is 21.4. The van der Waals surface area contributed by atoms with Crippen molar-refractivity contribution < 1.29 is 14.6 Å². The van der Waals surface area contributed by atoms with Crippen LogP contribution in [0.25, 0.3) is 0 Å². The van der Waals surface area contributed by atoms with Crippen LogP contribution in [0.15, 0.2) is 82.4 Å². The van der Waals surface area contributed by atoms with Gasteiger partial charge in [-0.2, -0.15) is 0 Å². The van der Waals surface area contributed by atoms with E-state index in [2.05, 4.69) is 10.6 Å². The summed E-state index contributed by atoms with van der Waals surface area (Å²) in [4.78, 5) is 38.0. The predicted molar refractivity (Wildman–Crippen MR) is 147 cm³/mol. The molecule has 0 saturated heterocycles. The second-order valence-corrected chi connectivity index (χ2v) is 8.21. The molecule has 4 aromatic carbocycles. The van der Waals surface area contributed by atoms with Gasteiger partial charge in [0.1, 0.15) is 23.7 Å². The Labute approximate surface area is 215 Å². The van der Waals surface area contributed by atoms with Crippen LogP contribution < -0.4 is 26.2 Å². The first kappa shape index (κ1) is 27.0. The minimum absolute atomic E-state index is 0.0382. The lowest BCUT2D eigenvalue weighted by Crippen LogP contribution is -2.36. The maximum atomic E-state index is 12.3. The number of phenols is 1. The molecule has 0 aliphatic carbocycles. The second-order valence-electron chi connectivity index (χ2n) is 8.21. The maximum Gasteiger partial charge on any atom is 0.257 e. The monoisotopic (exact) mass is 501 g/mol. The van der Waals surface area contributed by atoms with Crippen LogP contribution in [-0.4, -0.2) is 30.0 Å². The van der Waals surface area contributed by atoms with Crippen LogP contribution in [0.5, 0.6) is 11.5 Å². The first-order valence-electron chi connectivity index (χ1n) is 12.0. The van der Waals surface area contributed by atoms with Crippen molar-refractivity contribution in [2.45, 2.75) is 27.0 Å². The molecule has 192 valence electrons. The van der Waals surface area contributed by atoms with Gasteiger partial charge in [0.25, 0.3) is 16.8 Å². The molecule has 37 heavy (non-hydrogen) atoms. The van der Waals surface area contributed by atoms with Gasteiger partial charge in [0.2, 0.25) is 0 Å². The Balaban J connectivity index is 0.00000186. The predicted octanol–water partition coefficient (Wildman–Crippen LogP) is 4.65. The first-order valence-corrected chi connectivity index (χ1v) is 12.0. The molecule has 0 unspecified atom stereocenters. The molecule has 0 aliphatic heterocycles. The zero-order chi connectivity index (χ0) is 26.9. The second kappa shape index (κ2) is 12.4. The van der Waals surface area contributed by atoms with Gasteiger partial charge in [0, 0.05) is 20.6 Å². The van der Waals surface area contributed by atoms with Crippen LogP contribution in [0.1, 0.15) is 35.3 Å². The highest BCUT2D eigenvalue weighted by atomic mass is 16.5. The Hall–Kier alpha value is -4.59. The average Bonchev–Trinajstić information content (AvgIpc) is 2.93. The highest BCUT2D eigenvalue weighted by Crippen LogP contribution is 2.32. The molecule has 8 nitrogen and oxygen atoms in total. The van der Waals surface area contributed by atoms with Gasteiger partial charge in [-0.1, -0.05) is 62.4 Å². The molecule has 8 heteroatoms. The number of nitrogens with zero attached hydrogens (tertiary/aromatic N) is 1. The highest BCUT2D eigenvalue weighted by Gasteiger charge is 2.23. The Bertz CT molecular complexity index is 1420. The summed E-state index contributed by atoms with van der Waals surface area (Å²) in [6.07, 6.45) is 0. The van der Waals surface area contributed by atoms with E-state index in [9.17, 15) is 19.5 Å². The van der Waals surface area contributed by atoms with Crippen LogP contribution in [0.4, 0.5) is 17.1 Å². The number of hydrogen-bond donors (Lipinski definition) is 3. The van der Waals surface area contributed by atoms with E-state index in [0.29, 0.717) is 12.4 Å². The standard InChI is InChI=1S/C27H25N3O5.C2H6/c1-30(2)27(34)20-12-7-13-21(24(20)31)29-23-22(25(32)26(23)33)28-15-18-10-6-11-19(14-18)35-16-17-8-4-3-5-9-17;1-2/h3-14,28-29,31H,15-16H2,1-2H3;1-2H3. The molecule has 4 rings (SSSR count). The quantitative estimate of drug-likeness (QED) is 0.226. The smallest absolute Gasteiger partial charge is 0.257 e. The molecule has 0 fully saturated rings. The van der Waals surface area contributed by atoms with Crippen molar-refractivity contribution in [2.24, 2.45) is 0 Å². The Kier molecular flexibility index (Phi) is 9.05. The lowest BCUT2D eigenvalue weighted by atomic mass is 10.1. The van der Waals surface area contributed by atoms with Crippen LogP contribution in [0.3, 0.4) is 0 Å². The number of rotatable bonds is 9. The summed E-state index contributed by atoms with van der Waals surface area (Å²) < 4.78 is 5.85. The molecular weight excluding hydrogens is 470 g/mol. The van der Waals surface area contributed by atoms with Gasteiger partial charge in [-0.3, -0.25) is 14.4 Å². The zero-order valence-corrected chi connectivity index (χ0v) is 21.4. The molecule has 0 saturated carbocycles. The van der Waals surface area contributed by atoms with Crippen molar-refractivity contribution >= 4 is 23.0 Å². The number of aromatic hydroxyl groups is 1. The van der Waals surface area contributed by atoms with Gasteiger partial charge >= 0.3 is 0 Å². The number of anilines is 3. The van der Waals surface area contributed by atoms with Crippen LogP contribution in [0.2, 0.25) is 0 Å². The number of benzene rings is 3. The van der Waals surface area contributed by atoms with Crippen LogP contribution in [-0.2, 0) is 13.2 Å². The fraction of sp³-hybridized carbons (Fsp3) is 0.207. The average molecular weight is 502 g/mol. The highest BCUT2D eigenvalue weighted by molar-refractivity contribution is 5.99. The normalized spacial score (nSPS) is 10.3. The van der Waals surface area contributed by atoms with Crippen molar-refractivity contribution in [3.8, 4) is 11.5 Å². The van der Waals surface area contributed by atoms with Crippen molar-refractivity contribution in [3.05, 3.63) is 110 Å². The topological polar surface area (TPSA) is 108 Å². The van der Waals surface area contributed by atoms with Gasteiger partial charge < -0.3 is 25.4 Å². The van der Waals surface area contributed by atoms with E-state index in [1.165, 1.54) is 17.0 Å². The van der Waals surface area contributed by atoms with Crippen molar-refractivity contribution in [2.75, 3.05) is 24.7 Å². The molecule has 4 aromatic rings. The number of nitrogens with one attached hydrogen (secondary N) is 2. The van der Waals surface area contributed by atoms with Gasteiger partial charge in [0.15, 0.2) is 5.75 Å². The van der Waals surface area contributed by atoms with Crippen LogP contribution in [0, 0.1) is 0 Å². The molecule has 0 aromatic heterocycles. The van der Waals surface area contributed by atoms with Gasteiger partial charge in [-0.05, 0) is 35.4 Å². The summed E-state index contributed by atoms with van der Waals surface area (Å²) >= 11 is 0. The van der Waals surface area contributed by atoms with Crippen molar-refractivity contribution in [3.63, 3.8) is 0 Å². The summed E-state index contributed by atoms with van der Waals surface area (Å²) in [5.41, 5.74) is 0.960. The number of carbonyl (C=O) groups is 1. The lowest BCUT2D eigenvalue weighted by molar-refractivity contribution is 0.0824. The molecule has 0 aliphatic rings. The molecule has 0 radical (unpaired) electrons. The van der Waals surface area contributed by atoms with Crippen molar-refractivity contribution in [1.82, 2.24) is 4.90 Å². The number of amides is 1. The van der Waals surface area contributed by atoms with E-state index in [4.69, 9.17) is 4.74 Å². The summed E-state index contributed by atoms with van der Waals surface area (Å²) in [5, 5.41) is 16.3. The summed E-state index contributed by atoms with van der Waals surface area (Å²) in [6.45, 7) is 4.72. The Morgan fingerprint density at radius 3 is 2.22 bits per heavy atom. The van der Waals surface area contributed by atoms with Crippen LogP contribution >= 0.6 is 0 Å². The molecular formula is C29H31N3O5. The third kappa shape index (κ3) is 6.35. The van der Waals surface area contributed by atoms with E-state index in [-0.39, 0.29) is 40.8 Å². The minimum atomic E-state index is -0.698. The first-order chi connectivity index (χ1) is 17.8. The van der Waals surface area contributed by atoms with Gasteiger partial charge in [0.05, 0.1) is 11.3 Å². The number of ether oxygens (including phenoxy) is 1. The Morgan fingerprint density at radius 1 is 0.865 bits per heavy atom. The number of carbonyl (C=O) groups excluding carboxylic acids is 1. The summed E-state index contributed by atoms with van der Waals surface area (Å²) in [7, 11) is 3.14. The Morgan fingerprint density at radius 2 is 1.51 bits per heavy atom. The largest absolute Gasteiger partial charge is 0.505 e. The maximum absolute atomic E-state index is 12.3. The SMILES string of the molecule is CC.CN(C)C(=O)c1cccc(Nc2c(NCc3cccc(OCc4ccccc4)c3)c(=O)c2=O)c1O. The van der Waals surface area contributed by atoms with Crippen molar-refractivity contribution in [1.29, 1.82) is 0 Å². The minimum Gasteiger partial charge on any atom is -0.505 e. The summed E-state index contributed by atoms with van der Waals surface area (Å²) in [6, 6.07) is 21.8.